The molecule has 0 fully saturated rings. The van der Waals surface area contributed by atoms with Crippen LogP contribution >= 0.6 is 0 Å². The Morgan fingerprint density at radius 2 is 2.10 bits per heavy atom. The molecule has 0 spiro atoms. The highest BCUT2D eigenvalue weighted by Gasteiger charge is 2.41. The van der Waals surface area contributed by atoms with Gasteiger partial charge < -0.3 is 14.7 Å². The monoisotopic (exact) mass is 291 g/mol. The lowest BCUT2D eigenvalue weighted by Crippen LogP contribution is -2.35. The third-order valence-corrected chi connectivity index (χ3v) is 4.26. The predicted molar refractivity (Wildman–Crippen MR) is 83.9 cm³/mol. The lowest BCUT2D eigenvalue weighted by atomic mass is 9.95. The SMILES string of the molecule is CCCCN1c2cc(C)c(O)cc2[C@H](C(=O)OCC)[C@H]1C. The molecule has 0 aliphatic carbocycles. The van der Waals surface area contributed by atoms with Crippen LogP contribution in [0.2, 0.25) is 0 Å². The Balaban J connectivity index is 2.42. The van der Waals surface area contributed by atoms with Gasteiger partial charge in [0, 0.05) is 18.3 Å². The molecule has 0 saturated heterocycles. The van der Waals surface area contributed by atoms with E-state index in [1.165, 1.54) is 0 Å². The van der Waals surface area contributed by atoms with E-state index in [9.17, 15) is 9.90 Å². The van der Waals surface area contributed by atoms with Gasteiger partial charge in [0.1, 0.15) is 11.7 Å². The number of hydrogen-bond donors (Lipinski definition) is 1. The fourth-order valence-corrected chi connectivity index (χ4v) is 3.06. The number of carbonyl (C=O) groups is 1. The van der Waals surface area contributed by atoms with Crippen molar-refractivity contribution in [2.24, 2.45) is 0 Å². The molecule has 4 heteroatoms. The van der Waals surface area contributed by atoms with Crippen molar-refractivity contribution in [3.63, 3.8) is 0 Å². The number of esters is 1. The molecule has 1 aliphatic heterocycles. The summed E-state index contributed by atoms with van der Waals surface area (Å²) in [7, 11) is 0. The van der Waals surface area contributed by atoms with E-state index in [0.717, 1.165) is 36.2 Å². The van der Waals surface area contributed by atoms with Crippen LogP contribution in [-0.2, 0) is 9.53 Å². The lowest BCUT2D eigenvalue weighted by Gasteiger charge is -2.26. The Morgan fingerprint density at radius 3 is 2.71 bits per heavy atom. The van der Waals surface area contributed by atoms with Gasteiger partial charge in [-0.05, 0) is 50.5 Å². The highest BCUT2D eigenvalue weighted by atomic mass is 16.5. The minimum atomic E-state index is -0.316. The number of unbranched alkanes of at least 4 members (excludes halogenated alkanes) is 1. The number of nitrogens with zero attached hydrogens (tertiary/aromatic N) is 1. The molecule has 0 aromatic heterocycles. The molecule has 0 bridgehead atoms. The second-order valence-corrected chi connectivity index (χ2v) is 5.71. The van der Waals surface area contributed by atoms with Crippen LogP contribution in [0.25, 0.3) is 0 Å². The summed E-state index contributed by atoms with van der Waals surface area (Å²) in [6.07, 6.45) is 2.19. The highest BCUT2D eigenvalue weighted by Crippen LogP contribution is 2.44. The standard InChI is InChI=1S/C17H25NO3/c1-5-7-8-18-12(4)16(17(20)21-6-2)13-10-15(19)11(3)9-14(13)18/h9-10,12,16,19H,5-8H2,1-4H3/t12-,16-/m1/s1. The summed E-state index contributed by atoms with van der Waals surface area (Å²) in [6.45, 7) is 9.22. The maximum Gasteiger partial charge on any atom is 0.315 e. The number of hydrogen-bond acceptors (Lipinski definition) is 4. The Kier molecular flexibility index (Phi) is 4.76. The average molecular weight is 291 g/mol. The van der Waals surface area contributed by atoms with Gasteiger partial charge in [-0.2, -0.15) is 0 Å². The molecular weight excluding hydrogens is 266 g/mol. The number of aryl methyl sites for hydroxylation is 1. The summed E-state index contributed by atoms with van der Waals surface area (Å²) in [5.41, 5.74) is 2.79. The Hall–Kier alpha value is -1.71. The summed E-state index contributed by atoms with van der Waals surface area (Å²) in [5.74, 6) is -0.274. The number of aromatic hydroxyl groups is 1. The van der Waals surface area contributed by atoms with Crippen LogP contribution in [0, 0.1) is 6.92 Å². The molecule has 116 valence electrons. The van der Waals surface area contributed by atoms with Crippen LogP contribution in [0.4, 0.5) is 5.69 Å². The number of phenols is 1. The summed E-state index contributed by atoms with van der Waals surface area (Å²) < 4.78 is 5.23. The normalized spacial score (nSPS) is 20.5. The van der Waals surface area contributed by atoms with E-state index in [2.05, 4.69) is 18.7 Å². The van der Waals surface area contributed by atoms with Crippen molar-refractivity contribution in [2.45, 2.75) is 52.5 Å². The maximum atomic E-state index is 12.3. The summed E-state index contributed by atoms with van der Waals surface area (Å²) >= 11 is 0. The zero-order chi connectivity index (χ0) is 15.6. The molecule has 0 amide bonds. The van der Waals surface area contributed by atoms with E-state index in [-0.39, 0.29) is 23.7 Å². The van der Waals surface area contributed by atoms with Crippen LogP contribution in [-0.4, -0.2) is 30.3 Å². The molecule has 0 unspecified atom stereocenters. The van der Waals surface area contributed by atoms with Gasteiger partial charge in [-0.3, -0.25) is 4.79 Å². The number of ether oxygens (including phenoxy) is 1. The fourth-order valence-electron chi connectivity index (χ4n) is 3.06. The zero-order valence-corrected chi connectivity index (χ0v) is 13.3. The van der Waals surface area contributed by atoms with Gasteiger partial charge in [-0.25, -0.2) is 0 Å². The molecule has 1 N–H and O–H groups in total. The summed E-state index contributed by atoms with van der Waals surface area (Å²) in [6, 6.07) is 3.77. The molecule has 0 saturated carbocycles. The van der Waals surface area contributed by atoms with Gasteiger partial charge in [-0.15, -0.1) is 0 Å². The number of benzene rings is 1. The molecule has 1 aliphatic rings. The quantitative estimate of drug-likeness (QED) is 0.845. The molecule has 1 aromatic rings. The molecule has 0 radical (unpaired) electrons. The van der Waals surface area contributed by atoms with Crippen LogP contribution in [0.1, 0.15) is 50.7 Å². The van der Waals surface area contributed by atoms with Gasteiger partial charge in [0.25, 0.3) is 0 Å². The van der Waals surface area contributed by atoms with Crippen LogP contribution in [0.15, 0.2) is 12.1 Å². The highest BCUT2D eigenvalue weighted by molar-refractivity contribution is 5.86. The summed E-state index contributed by atoms with van der Waals surface area (Å²) in [5, 5.41) is 9.99. The number of rotatable bonds is 5. The first-order valence-corrected chi connectivity index (χ1v) is 7.78. The predicted octanol–water partition coefficient (Wildman–Crippen LogP) is 3.36. The Morgan fingerprint density at radius 1 is 1.38 bits per heavy atom. The van der Waals surface area contributed by atoms with Crippen molar-refractivity contribution >= 4 is 11.7 Å². The molecule has 1 aromatic carbocycles. The lowest BCUT2D eigenvalue weighted by molar-refractivity contribution is -0.145. The van der Waals surface area contributed by atoms with E-state index in [0.29, 0.717) is 6.61 Å². The van der Waals surface area contributed by atoms with Crippen molar-refractivity contribution in [3.8, 4) is 5.75 Å². The van der Waals surface area contributed by atoms with Gasteiger partial charge >= 0.3 is 5.97 Å². The average Bonchev–Trinajstić information content (AvgIpc) is 2.69. The molecule has 21 heavy (non-hydrogen) atoms. The van der Waals surface area contributed by atoms with Gasteiger partial charge in [0.05, 0.1) is 6.61 Å². The number of fused-ring (bicyclic) bond motifs is 1. The number of anilines is 1. The second-order valence-electron chi connectivity index (χ2n) is 5.71. The molecule has 2 atom stereocenters. The van der Waals surface area contributed by atoms with Crippen molar-refractivity contribution in [1.82, 2.24) is 0 Å². The van der Waals surface area contributed by atoms with E-state index >= 15 is 0 Å². The van der Waals surface area contributed by atoms with Gasteiger partial charge in [0.2, 0.25) is 0 Å². The van der Waals surface area contributed by atoms with Crippen LogP contribution < -0.4 is 4.90 Å². The summed E-state index contributed by atoms with van der Waals surface area (Å²) in [4.78, 5) is 14.6. The molecule has 1 heterocycles. The first kappa shape index (κ1) is 15.7. The van der Waals surface area contributed by atoms with E-state index in [1.54, 1.807) is 6.07 Å². The van der Waals surface area contributed by atoms with Crippen LogP contribution in [0.5, 0.6) is 5.75 Å². The van der Waals surface area contributed by atoms with Crippen molar-refractivity contribution in [3.05, 3.63) is 23.3 Å². The minimum absolute atomic E-state index is 0.0619. The smallest absolute Gasteiger partial charge is 0.315 e. The number of phenolic OH excluding ortho intramolecular Hbond substituents is 1. The zero-order valence-electron chi connectivity index (χ0n) is 13.3. The van der Waals surface area contributed by atoms with Crippen molar-refractivity contribution in [2.75, 3.05) is 18.1 Å². The largest absolute Gasteiger partial charge is 0.508 e. The van der Waals surface area contributed by atoms with Crippen molar-refractivity contribution < 1.29 is 14.6 Å². The van der Waals surface area contributed by atoms with E-state index in [1.807, 2.05) is 19.9 Å². The molecule has 2 rings (SSSR count). The first-order chi connectivity index (χ1) is 10.0. The van der Waals surface area contributed by atoms with E-state index < -0.39 is 0 Å². The first-order valence-electron chi connectivity index (χ1n) is 7.78. The van der Waals surface area contributed by atoms with Crippen LogP contribution in [0.3, 0.4) is 0 Å². The molecule has 4 nitrogen and oxygen atoms in total. The third kappa shape index (κ3) is 2.85. The topological polar surface area (TPSA) is 49.8 Å². The Bertz CT molecular complexity index is 527. The van der Waals surface area contributed by atoms with Gasteiger partial charge in [-0.1, -0.05) is 13.3 Å². The minimum Gasteiger partial charge on any atom is -0.508 e. The third-order valence-electron chi connectivity index (χ3n) is 4.26. The van der Waals surface area contributed by atoms with E-state index in [4.69, 9.17) is 4.74 Å². The van der Waals surface area contributed by atoms with Gasteiger partial charge in [0.15, 0.2) is 0 Å². The fraction of sp³-hybridized carbons (Fsp3) is 0.588. The van der Waals surface area contributed by atoms with Crippen molar-refractivity contribution in [1.29, 1.82) is 0 Å². The maximum absolute atomic E-state index is 12.3. The second kappa shape index (κ2) is 6.37. The number of carbonyl (C=O) groups excluding carboxylic acids is 1. The Labute approximate surface area is 126 Å². The molecular formula is C17H25NO3.